The molecule has 4 atom stereocenters. The summed E-state index contributed by atoms with van der Waals surface area (Å²) in [6.45, 7) is 2.01. The van der Waals surface area contributed by atoms with E-state index in [1.54, 1.807) is 58.9 Å². The second-order valence-corrected chi connectivity index (χ2v) is 8.80. The van der Waals surface area contributed by atoms with Crippen LogP contribution in [0.3, 0.4) is 0 Å². The normalized spacial score (nSPS) is 22.5. The lowest BCUT2D eigenvalue weighted by molar-refractivity contribution is -0.127. The van der Waals surface area contributed by atoms with Crippen LogP contribution < -0.4 is 10.9 Å². The van der Waals surface area contributed by atoms with Gasteiger partial charge in [-0.05, 0) is 48.9 Å². The van der Waals surface area contributed by atoms with Crippen molar-refractivity contribution in [3.8, 4) is 11.1 Å². The molecule has 5 rings (SSSR count). The summed E-state index contributed by atoms with van der Waals surface area (Å²) in [5, 5.41) is 13.1. The minimum atomic E-state index is -0.748. The largest absolute Gasteiger partial charge is 0.396 e. The second kappa shape index (κ2) is 9.07. The number of nitrogens with one attached hydrogen (secondary N) is 1. The van der Waals surface area contributed by atoms with Crippen LogP contribution in [-0.4, -0.2) is 50.6 Å². The van der Waals surface area contributed by atoms with Crippen molar-refractivity contribution in [2.75, 3.05) is 13.2 Å². The fourth-order valence-corrected chi connectivity index (χ4v) is 5.45. The van der Waals surface area contributed by atoms with Crippen molar-refractivity contribution in [3.63, 3.8) is 0 Å². The third-order valence-corrected chi connectivity index (χ3v) is 6.97. The number of fused-ring (bicyclic) bond motifs is 4. The maximum absolute atomic E-state index is 13.6. The number of carbonyl (C=O) groups excluding carboxylic acids is 2. The van der Waals surface area contributed by atoms with Gasteiger partial charge in [-0.2, -0.15) is 0 Å². The van der Waals surface area contributed by atoms with E-state index in [9.17, 15) is 23.9 Å². The molecule has 2 aliphatic heterocycles. The topological polar surface area (TPSA) is 105 Å². The first-order chi connectivity index (χ1) is 17.0. The summed E-state index contributed by atoms with van der Waals surface area (Å²) >= 11 is 0. The molecular formula is C26H25FN4O4. The van der Waals surface area contributed by atoms with E-state index >= 15 is 0 Å². The maximum atomic E-state index is 13.6. The molecule has 0 radical (unpaired) electrons. The number of hydrogen-bond donors (Lipinski definition) is 2. The van der Waals surface area contributed by atoms with Crippen LogP contribution in [0.25, 0.3) is 11.1 Å². The molecule has 35 heavy (non-hydrogen) atoms. The molecule has 3 aromatic rings. The maximum Gasteiger partial charge on any atom is 0.273 e. The highest BCUT2D eigenvalue weighted by Crippen LogP contribution is 2.49. The molecule has 8 nitrogen and oxygen atoms in total. The lowest BCUT2D eigenvalue weighted by atomic mass is 9.86. The van der Waals surface area contributed by atoms with E-state index < -0.39 is 29.7 Å². The van der Waals surface area contributed by atoms with E-state index in [0.29, 0.717) is 23.4 Å². The Kier molecular flexibility index (Phi) is 5.94. The van der Waals surface area contributed by atoms with Gasteiger partial charge in [0.15, 0.2) is 0 Å². The SMILES string of the molecule is CCNC(=O)[C@H]1[C@H](CO)[C@H]2Cn3c(ccc(-c4ccc(F)cc4)c3=O)[C@@H]1N2C(=O)c1ccccn1. The smallest absolute Gasteiger partial charge is 0.273 e. The van der Waals surface area contributed by atoms with Gasteiger partial charge in [-0.3, -0.25) is 19.4 Å². The number of carbonyl (C=O) groups is 2. The number of aliphatic hydroxyl groups excluding tert-OH is 1. The van der Waals surface area contributed by atoms with Gasteiger partial charge in [0.05, 0.1) is 18.0 Å². The van der Waals surface area contributed by atoms with Gasteiger partial charge in [-0.25, -0.2) is 4.39 Å². The molecule has 0 unspecified atom stereocenters. The Morgan fingerprint density at radius 1 is 1.14 bits per heavy atom. The Morgan fingerprint density at radius 2 is 1.91 bits per heavy atom. The fourth-order valence-electron chi connectivity index (χ4n) is 5.45. The molecule has 180 valence electrons. The summed E-state index contributed by atoms with van der Waals surface area (Å²) in [5.41, 5.74) is 1.43. The quantitative estimate of drug-likeness (QED) is 0.586. The number of benzene rings is 1. The van der Waals surface area contributed by atoms with Gasteiger partial charge in [0.25, 0.3) is 11.5 Å². The number of nitrogens with zero attached hydrogens (tertiary/aromatic N) is 3. The predicted molar refractivity (Wildman–Crippen MR) is 126 cm³/mol. The summed E-state index contributed by atoms with van der Waals surface area (Å²) in [6, 6.07) is 12.8. The summed E-state index contributed by atoms with van der Waals surface area (Å²) < 4.78 is 15.0. The van der Waals surface area contributed by atoms with E-state index in [2.05, 4.69) is 10.3 Å². The van der Waals surface area contributed by atoms with Crippen molar-refractivity contribution in [1.82, 2.24) is 19.8 Å². The van der Waals surface area contributed by atoms with E-state index in [4.69, 9.17) is 0 Å². The average molecular weight is 477 g/mol. The Balaban J connectivity index is 1.66. The van der Waals surface area contributed by atoms with Crippen molar-refractivity contribution in [2.45, 2.75) is 25.6 Å². The second-order valence-electron chi connectivity index (χ2n) is 8.80. The third kappa shape index (κ3) is 3.72. The van der Waals surface area contributed by atoms with E-state index in [1.165, 1.54) is 18.3 Å². The highest BCUT2D eigenvalue weighted by molar-refractivity contribution is 5.94. The lowest BCUT2D eigenvalue weighted by Crippen LogP contribution is -2.49. The highest BCUT2D eigenvalue weighted by Gasteiger charge is 2.57. The lowest BCUT2D eigenvalue weighted by Gasteiger charge is -2.38. The number of aliphatic hydroxyl groups is 1. The molecule has 4 heterocycles. The summed E-state index contributed by atoms with van der Waals surface area (Å²) in [6.07, 6.45) is 1.53. The van der Waals surface area contributed by atoms with Gasteiger partial charge in [0.1, 0.15) is 11.5 Å². The van der Waals surface area contributed by atoms with Gasteiger partial charge in [-0.15, -0.1) is 0 Å². The molecule has 1 aromatic carbocycles. The van der Waals surface area contributed by atoms with Gasteiger partial charge in [0, 0.05) is 43.1 Å². The van der Waals surface area contributed by atoms with Crippen LogP contribution in [-0.2, 0) is 11.3 Å². The number of hydrogen-bond acceptors (Lipinski definition) is 5. The molecule has 0 spiro atoms. The zero-order valence-corrected chi connectivity index (χ0v) is 19.1. The average Bonchev–Trinajstić information content (AvgIpc) is 3.12. The van der Waals surface area contributed by atoms with Crippen LogP contribution in [0.1, 0.15) is 29.1 Å². The van der Waals surface area contributed by atoms with Crippen LogP contribution in [0, 0.1) is 17.7 Å². The van der Waals surface area contributed by atoms with Crippen molar-refractivity contribution in [3.05, 3.63) is 88.4 Å². The zero-order chi connectivity index (χ0) is 24.7. The van der Waals surface area contributed by atoms with Crippen LogP contribution in [0.5, 0.6) is 0 Å². The molecule has 2 aliphatic rings. The van der Waals surface area contributed by atoms with E-state index in [1.807, 2.05) is 0 Å². The van der Waals surface area contributed by atoms with E-state index in [0.717, 1.165) is 0 Å². The molecule has 2 aromatic heterocycles. The van der Waals surface area contributed by atoms with Gasteiger partial charge >= 0.3 is 0 Å². The minimum absolute atomic E-state index is 0.124. The molecule has 1 saturated heterocycles. The first-order valence-corrected chi connectivity index (χ1v) is 11.6. The standard InChI is InChI=1S/C26H25FN4O4/c1-2-28-24(33)22-18(14-32)21-13-30-20(23(22)31(21)26(35)19-5-3-4-12-29-19)11-10-17(25(30)34)15-6-8-16(27)9-7-15/h3-12,18,21-23,32H,2,13-14H2,1H3,(H,28,33)/t18-,21-,22+,23+/m1/s1. The number of halogens is 1. The molecule has 2 amide bonds. The number of rotatable bonds is 5. The van der Waals surface area contributed by atoms with Gasteiger partial charge in [-0.1, -0.05) is 18.2 Å². The number of amides is 2. The number of pyridine rings is 2. The summed E-state index contributed by atoms with van der Waals surface area (Å²) in [4.78, 5) is 46.1. The van der Waals surface area contributed by atoms with Crippen LogP contribution in [0.4, 0.5) is 4.39 Å². The molecule has 2 N–H and O–H groups in total. The van der Waals surface area contributed by atoms with E-state index in [-0.39, 0.29) is 36.2 Å². The van der Waals surface area contributed by atoms with Crippen LogP contribution in [0.15, 0.2) is 65.6 Å². The molecular weight excluding hydrogens is 451 g/mol. The Labute approximate surface area is 201 Å². The van der Waals surface area contributed by atoms with Gasteiger partial charge < -0.3 is 19.9 Å². The Bertz CT molecular complexity index is 1330. The van der Waals surface area contributed by atoms with Crippen LogP contribution in [0.2, 0.25) is 0 Å². The molecule has 2 bridgehead atoms. The zero-order valence-electron chi connectivity index (χ0n) is 19.1. The first kappa shape index (κ1) is 22.9. The Hall–Kier alpha value is -3.85. The molecule has 9 heteroatoms. The van der Waals surface area contributed by atoms with Crippen molar-refractivity contribution >= 4 is 11.8 Å². The van der Waals surface area contributed by atoms with Crippen LogP contribution >= 0.6 is 0 Å². The highest BCUT2D eigenvalue weighted by atomic mass is 19.1. The number of aromatic nitrogens is 2. The predicted octanol–water partition coefficient (Wildman–Crippen LogP) is 1.99. The monoisotopic (exact) mass is 476 g/mol. The van der Waals surface area contributed by atoms with Crippen molar-refractivity contribution in [2.24, 2.45) is 11.8 Å². The molecule has 1 fully saturated rings. The van der Waals surface area contributed by atoms with Crippen molar-refractivity contribution < 1.29 is 19.1 Å². The van der Waals surface area contributed by atoms with Gasteiger partial charge in [0.2, 0.25) is 5.91 Å². The fraction of sp³-hybridized carbons (Fsp3) is 0.308. The summed E-state index contributed by atoms with van der Waals surface area (Å²) in [7, 11) is 0. The third-order valence-electron chi connectivity index (χ3n) is 6.97. The Morgan fingerprint density at radius 3 is 2.57 bits per heavy atom. The molecule has 0 aliphatic carbocycles. The first-order valence-electron chi connectivity index (χ1n) is 11.6. The molecule has 0 saturated carbocycles. The van der Waals surface area contributed by atoms with Crippen molar-refractivity contribution in [1.29, 1.82) is 0 Å². The summed E-state index contributed by atoms with van der Waals surface area (Å²) in [5.74, 6) is -2.33. The minimum Gasteiger partial charge on any atom is -0.396 e.